The van der Waals surface area contributed by atoms with Gasteiger partial charge in [-0.1, -0.05) is 0 Å². The Morgan fingerprint density at radius 2 is 2.21 bits per heavy atom. The van der Waals surface area contributed by atoms with Crippen molar-refractivity contribution in [3.63, 3.8) is 0 Å². The number of nitrogens with one attached hydrogen (secondary N) is 2. The molecule has 0 aromatic carbocycles. The fourth-order valence-electron chi connectivity index (χ4n) is 1.78. The Morgan fingerprint density at radius 3 is 2.63 bits per heavy atom. The monoisotopic (exact) mass is 276 g/mol. The van der Waals surface area contributed by atoms with Crippen LogP contribution in [0.3, 0.4) is 0 Å². The van der Waals surface area contributed by atoms with Crippen molar-refractivity contribution in [3.05, 3.63) is 0 Å². The molecule has 1 rings (SSSR count). The van der Waals surface area contributed by atoms with Crippen LogP contribution in [0.5, 0.6) is 0 Å². The molecule has 0 saturated carbocycles. The smallest absolute Gasteiger partial charge is 0.328 e. The Hall–Kier alpha value is -1.38. The first kappa shape index (κ1) is 15.7. The molecule has 1 aliphatic heterocycles. The molecule has 0 aliphatic carbocycles. The molecule has 0 aromatic rings. The van der Waals surface area contributed by atoms with Gasteiger partial charge in [-0.15, -0.1) is 0 Å². The molecule has 8 heteroatoms. The van der Waals surface area contributed by atoms with Crippen LogP contribution < -0.4 is 10.6 Å². The summed E-state index contributed by atoms with van der Waals surface area (Å²) in [7, 11) is 1.53. The van der Waals surface area contributed by atoms with Crippen molar-refractivity contribution in [1.82, 2.24) is 10.6 Å². The third-order valence-electron chi connectivity index (χ3n) is 3.11. The topological polar surface area (TPSA) is 117 Å². The summed E-state index contributed by atoms with van der Waals surface area (Å²) in [6, 6.07) is -2.02. The molecule has 19 heavy (non-hydrogen) atoms. The normalized spacial score (nSPS) is 25.6. The molecule has 0 radical (unpaired) electrons. The summed E-state index contributed by atoms with van der Waals surface area (Å²) >= 11 is 0. The molecule has 1 fully saturated rings. The average molecular weight is 276 g/mol. The van der Waals surface area contributed by atoms with Crippen LogP contribution in [0.4, 0.5) is 4.79 Å². The van der Waals surface area contributed by atoms with Crippen LogP contribution in [-0.4, -0.2) is 66.8 Å². The van der Waals surface area contributed by atoms with E-state index < -0.39 is 29.7 Å². The zero-order chi connectivity index (χ0) is 14.5. The maximum atomic E-state index is 11.6. The Bertz CT molecular complexity index is 327. The second-order valence-electron chi connectivity index (χ2n) is 4.57. The molecule has 0 bridgehead atoms. The first-order valence-electron chi connectivity index (χ1n) is 5.98. The first-order chi connectivity index (χ1) is 8.90. The molecular formula is C11H20N2O6. The highest BCUT2D eigenvalue weighted by atomic mass is 16.5. The van der Waals surface area contributed by atoms with E-state index in [1.165, 1.54) is 14.0 Å². The Balaban J connectivity index is 2.44. The maximum Gasteiger partial charge on any atom is 0.328 e. The molecule has 110 valence electrons. The van der Waals surface area contributed by atoms with Gasteiger partial charge in [-0.2, -0.15) is 0 Å². The molecule has 0 aromatic heterocycles. The number of ether oxygens (including phenoxy) is 2. The number of hydrogen-bond acceptors (Lipinski definition) is 5. The summed E-state index contributed by atoms with van der Waals surface area (Å²) < 4.78 is 10.5. The number of urea groups is 1. The Morgan fingerprint density at radius 1 is 1.53 bits per heavy atom. The van der Waals surface area contributed by atoms with Crippen LogP contribution in [0.25, 0.3) is 0 Å². The molecule has 3 atom stereocenters. The van der Waals surface area contributed by atoms with Crippen molar-refractivity contribution < 1.29 is 29.3 Å². The van der Waals surface area contributed by atoms with Crippen molar-refractivity contribution >= 4 is 12.0 Å². The summed E-state index contributed by atoms with van der Waals surface area (Å²) in [6.45, 7) is 2.44. The number of carbonyl (C=O) groups is 2. The molecule has 4 N–H and O–H groups in total. The maximum absolute atomic E-state index is 11.6. The van der Waals surface area contributed by atoms with E-state index in [1.54, 1.807) is 0 Å². The molecule has 2 amide bonds. The van der Waals surface area contributed by atoms with E-state index in [4.69, 9.17) is 14.6 Å². The molecule has 1 saturated heterocycles. The number of aliphatic carboxylic acids is 1. The minimum atomic E-state index is -1.35. The van der Waals surface area contributed by atoms with Crippen molar-refractivity contribution in [2.24, 2.45) is 0 Å². The summed E-state index contributed by atoms with van der Waals surface area (Å²) in [6.07, 6.45) is -0.530. The van der Waals surface area contributed by atoms with E-state index >= 15 is 0 Å². The Labute approximate surface area is 111 Å². The number of carboxylic acids is 1. The summed E-state index contributed by atoms with van der Waals surface area (Å²) in [5.41, 5.74) is -0.569. The van der Waals surface area contributed by atoms with Gasteiger partial charge in [0.25, 0.3) is 0 Å². The van der Waals surface area contributed by atoms with E-state index in [0.29, 0.717) is 19.6 Å². The second kappa shape index (κ2) is 6.69. The minimum Gasteiger partial charge on any atom is -0.480 e. The fraction of sp³-hybridized carbons (Fsp3) is 0.818. The SMILES string of the molecule is COC1(CNC(=O)N[C@H](C(=O)O)[C@@H](C)O)CCOC1. The summed E-state index contributed by atoms with van der Waals surface area (Å²) in [5.74, 6) is -1.30. The van der Waals surface area contributed by atoms with Gasteiger partial charge in [0.05, 0.1) is 19.3 Å². The van der Waals surface area contributed by atoms with E-state index in [1.807, 2.05) is 0 Å². The standard InChI is InChI=1S/C11H20N2O6/c1-7(14)8(9(15)16)13-10(17)12-5-11(18-2)3-4-19-6-11/h7-8,14H,3-6H2,1-2H3,(H,15,16)(H2,12,13,17)/t7-,8+,11?/m1/s1. The van der Waals surface area contributed by atoms with Gasteiger partial charge in [0.1, 0.15) is 5.60 Å². The minimum absolute atomic E-state index is 0.210. The van der Waals surface area contributed by atoms with Crippen molar-refractivity contribution in [3.8, 4) is 0 Å². The zero-order valence-electron chi connectivity index (χ0n) is 11.0. The van der Waals surface area contributed by atoms with Crippen molar-refractivity contribution in [1.29, 1.82) is 0 Å². The fourth-order valence-corrected chi connectivity index (χ4v) is 1.78. The third kappa shape index (κ3) is 4.34. The predicted octanol–water partition coefficient (Wildman–Crippen LogP) is -1.07. The van der Waals surface area contributed by atoms with Gasteiger partial charge in [0.2, 0.25) is 0 Å². The van der Waals surface area contributed by atoms with Crippen molar-refractivity contribution in [2.45, 2.75) is 31.1 Å². The summed E-state index contributed by atoms with van der Waals surface area (Å²) in [4.78, 5) is 22.4. The lowest BCUT2D eigenvalue weighted by atomic mass is 10.0. The molecular weight excluding hydrogens is 256 g/mol. The van der Waals surface area contributed by atoms with Gasteiger partial charge in [-0.3, -0.25) is 0 Å². The van der Waals surface area contributed by atoms with E-state index in [0.717, 1.165) is 0 Å². The number of amides is 2. The van der Waals surface area contributed by atoms with Crippen LogP contribution in [0.2, 0.25) is 0 Å². The lowest BCUT2D eigenvalue weighted by Crippen LogP contribution is -2.54. The van der Waals surface area contributed by atoms with E-state index in [-0.39, 0.29) is 6.54 Å². The molecule has 0 spiro atoms. The van der Waals surface area contributed by atoms with Crippen LogP contribution in [0.1, 0.15) is 13.3 Å². The van der Waals surface area contributed by atoms with Crippen molar-refractivity contribution in [2.75, 3.05) is 26.9 Å². The number of carboxylic acid groups (broad SMARTS) is 1. The number of methoxy groups -OCH3 is 1. The highest BCUT2D eigenvalue weighted by Gasteiger charge is 2.35. The average Bonchev–Trinajstić information content (AvgIpc) is 2.82. The number of aliphatic hydroxyl groups excluding tert-OH is 1. The lowest BCUT2D eigenvalue weighted by molar-refractivity contribution is -0.141. The molecule has 1 unspecified atom stereocenters. The number of hydrogen-bond donors (Lipinski definition) is 4. The quantitative estimate of drug-likeness (QED) is 0.490. The number of aliphatic hydroxyl groups is 1. The molecule has 1 aliphatic rings. The van der Waals surface area contributed by atoms with Crippen LogP contribution in [-0.2, 0) is 14.3 Å². The lowest BCUT2D eigenvalue weighted by Gasteiger charge is -2.26. The first-order valence-corrected chi connectivity index (χ1v) is 5.98. The van der Waals surface area contributed by atoms with Gasteiger partial charge in [-0.05, 0) is 6.92 Å². The van der Waals surface area contributed by atoms with E-state index in [9.17, 15) is 14.7 Å². The largest absolute Gasteiger partial charge is 0.480 e. The van der Waals surface area contributed by atoms with Gasteiger partial charge in [-0.25, -0.2) is 9.59 Å². The Kier molecular flexibility index (Phi) is 5.52. The predicted molar refractivity (Wildman–Crippen MR) is 64.8 cm³/mol. The highest BCUT2D eigenvalue weighted by Crippen LogP contribution is 2.21. The van der Waals surface area contributed by atoms with Gasteiger partial charge in [0.15, 0.2) is 6.04 Å². The van der Waals surface area contributed by atoms with Gasteiger partial charge in [0, 0.05) is 20.1 Å². The van der Waals surface area contributed by atoms with Crippen LogP contribution in [0.15, 0.2) is 0 Å². The van der Waals surface area contributed by atoms with Crippen LogP contribution in [0, 0.1) is 0 Å². The molecule has 1 heterocycles. The van der Waals surface area contributed by atoms with Gasteiger partial charge >= 0.3 is 12.0 Å². The van der Waals surface area contributed by atoms with Gasteiger partial charge < -0.3 is 30.3 Å². The second-order valence-corrected chi connectivity index (χ2v) is 4.57. The summed E-state index contributed by atoms with van der Waals surface area (Å²) in [5, 5.41) is 22.8. The number of rotatable bonds is 6. The molecule has 8 nitrogen and oxygen atoms in total. The zero-order valence-corrected chi connectivity index (χ0v) is 11.0. The van der Waals surface area contributed by atoms with E-state index in [2.05, 4.69) is 10.6 Å². The van der Waals surface area contributed by atoms with Crippen LogP contribution >= 0.6 is 0 Å². The number of carbonyl (C=O) groups excluding carboxylic acids is 1. The third-order valence-corrected chi connectivity index (χ3v) is 3.11. The highest BCUT2D eigenvalue weighted by molar-refractivity contribution is 5.82.